The van der Waals surface area contributed by atoms with E-state index in [1.54, 1.807) is 0 Å². The van der Waals surface area contributed by atoms with E-state index in [-0.39, 0.29) is 11.3 Å². The number of benzene rings is 3. The molecule has 190 valence electrons. The maximum atomic E-state index is 13.1. The second-order valence-corrected chi connectivity index (χ2v) is 11.2. The Morgan fingerprint density at radius 1 is 0.784 bits per heavy atom. The Morgan fingerprint density at radius 2 is 1.38 bits per heavy atom. The second-order valence-electron chi connectivity index (χ2n) is 10.3. The van der Waals surface area contributed by atoms with Crippen LogP contribution in [0.15, 0.2) is 90.1 Å². The molecule has 6 nitrogen and oxygen atoms in total. The third-order valence-corrected chi connectivity index (χ3v) is 7.65. The van der Waals surface area contributed by atoms with E-state index in [9.17, 15) is 4.79 Å². The number of amides is 1. The van der Waals surface area contributed by atoms with Gasteiger partial charge in [-0.05, 0) is 35.2 Å². The molecular formula is C30H33N5OS. The molecule has 2 heterocycles. The fourth-order valence-electron chi connectivity index (χ4n) is 4.55. The van der Waals surface area contributed by atoms with Crippen molar-refractivity contribution in [3.8, 4) is 17.1 Å². The molecule has 7 heteroatoms. The van der Waals surface area contributed by atoms with Gasteiger partial charge in [-0.3, -0.25) is 9.36 Å². The van der Waals surface area contributed by atoms with Crippen LogP contribution >= 0.6 is 11.8 Å². The lowest BCUT2D eigenvalue weighted by molar-refractivity contribution is -0.128. The highest BCUT2D eigenvalue weighted by atomic mass is 32.2. The molecule has 0 saturated carbocycles. The Balaban J connectivity index is 1.31. The Hall–Kier alpha value is -3.58. The summed E-state index contributed by atoms with van der Waals surface area (Å²) in [5, 5.41) is 9.77. The van der Waals surface area contributed by atoms with Crippen molar-refractivity contribution in [2.45, 2.75) is 31.3 Å². The number of hydrogen-bond acceptors (Lipinski definition) is 5. The van der Waals surface area contributed by atoms with Crippen LogP contribution in [0.25, 0.3) is 17.1 Å². The van der Waals surface area contributed by atoms with Crippen molar-refractivity contribution >= 4 is 23.4 Å². The number of nitrogens with zero attached hydrogens (tertiary/aromatic N) is 5. The van der Waals surface area contributed by atoms with Crippen LogP contribution in [0.5, 0.6) is 0 Å². The lowest BCUT2D eigenvalue weighted by Gasteiger charge is -2.36. The average molecular weight is 512 g/mol. The summed E-state index contributed by atoms with van der Waals surface area (Å²) >= 11 is 1.45. The monoisotopic (exact) mass is 511 g/mol. The van der Waals surface area contributed by atoms with E-state index in [0.29, 0.717) is 5.75 Å². The van der Waals surface area contributed by atoms with Crippen LogP contribution < -0.4 is 4.90 Å². The zero-order chi connectivity index (χ0) is 25.8. The maximum Gasteiger partial charge on any atom is 0.233 e. The highest BCUT2D eigenvalue weighted by Crippen LogP contribution is 2.30. The van der Waals surface area contributed by atoms with E-state index in [0.717, 1.165) is 48.4 Å². The molecule has 4 aromatic rings. The summed E-state index contributed by atoms with van der Waals surface area (Å²) in [6.07, 6.45) is 0. The van der Waals surface area contributed by atoms with E-state index in [1.165, 1.54) is 23.0 Å². The Morgan fingerprint density at radius 3 is 1.97 bits per heavy atom. The fraction of sp³-hybridized carbons (Fsp3) is 0.300. The molecule has 0 unspecified atom stereocenters. The molecule has 3 aromatic carbocycles. The van der Waals surface area contributed by atoms with Crippen LogP contribution in [-0.4, -0.2) is 57.5 Å². The van der Waals surface area contributed by atoms with Gasteiger partial charge >= 0.3 is 0 Å². The number of piperazine rings is 1. The van der Waals surface area contributed by atoms with Crippen molar-refractivity contribution < 1.29 is 4.79 Å². The molecule has 1 aromatic heterocycles. The molecule has 0 radical (unpaired) electrons. The van der Waals surface area contributed by atoms with Gasteiger partial charge < -0.3 is 9.80 Å². The number of thioether (sulfide) groups is 1. The molecule has 1 fully saturated rings. The number of carbonyl (C=O) groups excluding carboxylic acids is 1. The van der Waals surface area contributed by atoms with Gasteiger partial charge in [0.15, 0.2) is 11.0 Å². The molecule has 0 N–H and O–H groups in total. The number of aromatic nitrogens is 3. The van der Waals surface area contributed by atoms with Gasteiger partial charge in [-0.15, -0.1) is 10.2 Å². The quantitative estimate of drug-likeness (QED) is 0.312. The lowest BCUT2D eigenvalue weighted by Crippen LogP contribution is -2.49. The summed E-state index contributed by atoms with van der Waals surface area (Å²) in [4.78, 5) is 17.4. The van der Waals surface area contributed by atoms with Crippen molar-refractivity contribution in [2.75, 3.05) is 36.8 Å². The van der Waals surface area contributed by atoms with E-state index < -0.39 is 0 Å². The molecule has 5 rings (SSSR count). The first-order chi connectivity index (χ1) is 17.9. The molecule has 37 heavy (non-hydrogen) atoms. The molecule has 1 amide bonds. The topological polar surface area (TPSA) is 54.3 Å². The number of anilines is 1. The van der Waals surface area contributed by atoms with E-state index in [4.69, 9.17) is 0 Å². The van der Waals surface area contributed by atoms with Crippen LogP contribution in [0.2, 0.25) is 0 Å². The highest BCUT2D eigenvalue weighted by molar-refractivity contribution is 7.99. The van der Waals surface area contributed by atoms with Crippen LogP contribution in [0.4, 0.5) is 5.69 Å². The molecule has 0 atom stereocenters. The molecule has 0 spiro atoms. The lowest BCUT2D eigenvalue weighted by atomic mass is 9.87. The molecule has 0 aliphatic carbocycles. The van der Waals surface area contributed by atoms with Crippen molar-refractivity contribution in [3.05, 3.63) is 90.5 Å². The van der Waals surface area contributed by atoms with Gasteiger partial charge in [0.05, 0.1) is 5.75 Å². The second kappa shape index (κ2) is 10.8. The normalized spacial score (nSPS) is 14.1. The third kappa shape index (κ3) is 5.72. The fourth-order valence-corrected chi connectivity index (χ4v) is 5.40. The summed E-state index contributed by atoms with van der Waals surface area (Å²) in [6.45, 7) is 9.77. The van der Waals surface area contributed by atoms with Gasteiger partial charge in [0, 0.05) is 43.1 Å². The van der Waals surface area contributed by atoms with Gasteiger partial charge in [-0.1, -0.05) is 93.2 Å². The Labute approximate surface area is 223 Å². The van der Waals surface area contributed by atoms with Gasteiger partial charge in [-0.25, -0.2) is 0 Å². The number of para-hydroxylation sites is 2. The van der Waals surface area contributed by atoms with Crippen molar-refractivity contribution in [1.29, 1.82) is 0 Å². The molecule has 1 aliphatic rings. The van der Waals surface area contributed by atoms with Gasteiger partial charge in [0.1, 0.15) is 0 Å². The number of carbonyl (C=O) groups is 1. The van der Waals surface area contributed by atoms with Crippen molar-refractivity contribution in [2.24, 2.45) is 0 Å². The number of rotatable bonds is 6. The van der Waals surface area contributed by atoms with E-state index in [2.05, 4.69) is 89.0 Å². The zero-order valence-electron chi connectivity index (χ0n) is 21.7. The summed E-state index contributed by atoms with van der Waals surface area (Å²) in [5.41, 5.74) is 4.55. The van der Waals surface area contributed by atoms with Crippen LogP contribution in [0.1, 0.15) is 26.3 Å². The van der Waals surface area contributed by atoms with E-state index >= 15 is 0 Å². The predicted molar refractivity (Wildman–Crippen MR) is 151 cm³/mol. The zero-order valence-corrected chi connectivity index (χ0v) is 22.5. The van der Waals surface area contributed by atoms with Gasteiger partial charge in [0.2, 0.25) is 5.91 Å². The minimum atomic E-state index is 0.0829. The predicted octanol–water partition coefficient (Wildman–Crippen LogP) is 5.67. The maximum absolute atomic E-state index is 13.1. The average Bonchev–Trinajstić information content (AvgIpc) is 3.36. The summed E-state index contributed by atoms with van der Waals surface area (Å²) in [5.74, 6) is 1.24. The highest BCUT2D eigenvalue weighted by Gasteiger charge is 2.23. The first kappa shape index (κ1) is 25.1. The number of hydrogen-bond donors (Lipinski definition) is 0. The molecule has 1 saturated heterocycles. The first-order valence-corrected chi connectivity index (χ1v) is 13.7. The van der Waals surface area contributed by atoms with Crippen molar-refractivity contribution in [1.82, 2.24) is 19.7 Å². The minimum Gasteiger partial charge on any atom is -0.368 e. The summed E-state index contributed by atoms with van der Waals surface area (Å²) in [6, 6.07) is 29.0. The van der Waals surface area contributed by atoms with Crippen LogP contribution in [0, 0.1) is 0 Å². The largest absolute Gasteiger partial charge is 0.368 e. The SMILES string of the molecule is CC(C)(C)c1ccc(-c2nnc(SCC(=O)N3CCN(c4ccccc4)CC3)n2-c2ccccc2)cc1. The Kier molecular flexibility index (Phi) is 7.33. The summed E-state index contributed by atoms with van der Waals surface area (Å²) in [7, 11) is 0. The third-order valence-electron chi connectivity index (χ3n) is 6.74. The standard InChI is InChI=1S/C30H33N5OS/c1-30(2,3)24-16-14-23(15-17-24)28-31-32-29(35(28)26-12-8-5-9-13-26)37-22-27(36)34-20-18-33(19-21-34)25-10-6-4-7-11-25/h4-17H,18-22H2,1-3H3. The van der Waals surface area contributed by atoms with Crippen molar-refractivity contribution in [3.63, 3.8) is 0 Å². The van der Waals surface area contributed by atoms with Crippen LogP contribution in [-0.2, 0) is 10.2 Å². The first-order valence-electron chi connectivity index (χ1n) is 12.7. The van der Waals surface area contributed by atoms with Gasteiger partial charge in [0.25, 0.3) is 0 Å². The van der Waals surface area contributed by atoms with Crippen LogP contribution in [0.3, 0.4) is 0 Å². The minimum absolute atomic E-state index is 0.0829. The smallest absolute Gasteiger partial charge is 0.233 e. The molecular weight excluding hydrogens is 478 g/mol. The molecule has 0 bridgehead atoms. The molecule has 1 aliphatic heterocycles. The van der Waals surface area contributed by atoms with Gasteiger partial charge in [-0.2, -0.15) is 0 Å². The van der Waals surface area contributed by atoms with E-state index in [1.807, 2.05) is 41.3 Å². The summed E-state index contributed by atoms with van der Waals surface area (Å²) < 4.78 is 2.05. The Bertz CT molecular complexity index is 1320.